The largest absolute Gasteiger partial charge is 0.314 e. The Bertz CT molecular complexity index is 629. The van der Waals surface area contributed by atoms with Gasteiger partial charge in [-0.2, -0.15) is 0 Å². The molecule has 1 amide bonds. The zero-order chi connectivity index (χ0) is 15.6. The highest BCUT2D eigenvalue weighted by Gasteiger charge is 2.22. The molecule has 0 fully saturated rings. The van der Waals surface area contributed by atoms with Crippen molar-refractivity contribution in [2.45, 2.75) is 26.7 Å². The second-order valence-electron chi connectivity index (χ2n) is 5.44. The van der Waals surface area contributed by atoms with Crippen molar-refractivity contribution in [1.82, 2.24) is 0 Å². The van der Waals surface area contributed by atoms with Gasteiger partial charge in [-0.1, -0.05) is 36.4 Å². The van der Waals surface area contributed by atoms with Gasteiger partial charge in [-0.15, -0.1) is 0 Å². The molecule has 0 aliphatic carbocycles. The van der Waals surface area contributed by atoms with E-state index in [2.05, 4.69) is 28.9 Å². The third-order valence-corrected chi connectivity index (χ3v) is 4.34. The molecule has 3 heteroatoms. The highest BCUT2D eigenvalue weighted by Crippen LogP contribution is 2.32. The Balaban J connectivity index is 2.32. The summed E-state index contributed by atoms with van der Waals surface area (Å²) in [7, 11) is 1.84. The number of halogens is 1. The minimum absolute atomic E-state index is 0.0915. The molecule has 2 aromatic rings. The molecule has 0 aliphatic heterocycles. The van der Waals surface area contributed by atoms with Crippen molar-refractivity contribution < 1.29 is 4.79 Å². The number of nitrogens with zero attached hydrogens (tertiary/aromatic N) is 1. The zero-order valence-electron chi connectivity index (χ0n) is 12.9. The fraction of sp³-hybridized carbons (Fsp3) is 0.278. The highest BCUT2D eigenvalue weighted by molar-refractivity contribution is 9.10. The van der Waals surface area contributed by atoms with E-state index in [1.165, 1.54) is 5.56 Å². The van der Waals surface area contributed by atoms with Gasteiger partial charge in [0.05, 0.1) is 11.6 Å². The summed E-state index contributed by atoms with van der Waals surface area (Å²) in [6, 6.07) is 14.0. The molecule has 2 nitrogen and oxygen atoms in total. The number of amides is 1. The van der Waals surface area contributed by atoms with Gasteiger partial charge >= 0.3 is 0 Å². The van der Waals surface area contributed by atoms with Gasteiger partial charge in [0, 0.05) is 11.5 Å². The van der Waals surface area contributed by atoms with Crippen molar-refractivity contribution in [3.63, 3.8) is 0 Å². The number of likely N-dealkylation sites (N-methyl/N-ethyl adjacent to an activating group) is 1. The lowest BCUT2D eigenvalue weighted by molar-refractivity contribution is -0.119. The van der Waals surface area contributed by atoms with Crippen molar-refractivity contribution in [2.75, 3.05) is 11.9 Å². The maximum absolute atomic E-state index is 12.7. The standard InChI is InChI=1S/C18H20BrNO/c1-12-10-13(2)17(16(19)11-12)20(4)18(21)14(3)15-8-6-5-7-9-15/h5-11,14H,1-4H3/t14-/m1/s1. The van der Waals surface area contributed by atoms with Crippen LogP contribution in [0.2, 0.25) is 0 Å². The molecule has 0 unspecified atom stereocenters. The number of carbonyl (C=O) groups excluding carboxylic acids is 1. The summed E-state index contributed by atoms with van der Waals surface area (Å²) in [4.78, 5) is 14.5. The van der Waals surface area contributed by atoms with Gasteiger partial charge in [0.2, 0.25) is 5.91 Å². The molecule has 0 spiro atoms. The normalized spacial score (nSPS) is 12.0. The monoisotopic (exact) mass is 345 g/mol. The van der Waals surface area contributed by atoms with E-state index in [9.17, 15) is 4.79 Å². The van der Waals surface area contributed by atoms with Crippen LogP contribution in [0.1, 0.15) is 29.5 Å². The molecule has 0 radical (unpaired) electrons. The van der Waals surface area contributed by atoms with Crippen LogP contribution >= 0.6 is 15.9 Å². The van der Waals surface area contributed by atoms with Gasteiger partial charge in [0.1, 0.15) is 0 Å². The Kier molecular flexibility index (Phi) is 4.84. The van der Waals surface area contributed by atoms with E-state index in [1.54, 1.807) is 4.90 Å². The first-order chi connectivity index (χ1) is 9.91. The van der Waals surface area contributed by atoms with Crippen LogP contribution in [0.15, 0.2) is 46.9 Å². The van der Waals surface area contributed by atoms with E-state index in [4.69, 9.17) is 0 Å². The van der Waals surface area contributed by atoms with Crippen molar-refractivity contribution >= 4 is 27.5 Å². The molecule has 1 atom stereocenters. The lowest BCUT2D eigenvalue weighted by Crippen LogP contribution is -2.31. The van der Waals surface area contributed by atoms with E-state index < -0.39 is 0 Å². The third-order valence-electron chi connectivity index (χ3n) is 3.73. The van der Waals surface area contributed by atoms with Crippen molar-refractivity contribution in [1.29, 1.82) is 0 Å². The van der Waals surface area contributed by atoms with Crippen LogP contribution < -0.4 is 4.90 Å². The Morgan fingerprint density at radius 2 is 1.76 bits per heavy atom. The van der Waals surface area contributed by atoms with Crippen molar-refractivity contribution in [3.05, 3.63) is 63.6 Å². The summed E-state index contributed by atoms with van der Waals surface area (Å²) in [6.45, 7) is 6.03. The van der Waals surface area contributed by atoms with Gasteiger partial charge in [-0.25, -0.2) is 0 Å². The average molecular weight is 346 g/mol. The summed E-state index contributed by atoms with van der Waals surface area (Å²) in [6.07, 6.45) is 0. The molecule has 0 saturated heterocycles. The Morgan fingerprint density at radius 1 is 1.14 bits per heavy atom. The van der Waals surface area contributed by atoms with Gasteiger partial charge in [-0.3, -0.25) is 4.79 Å². The van der Waals surface area contributed by atoms with Crippen LogP contribution in [-0.2, 0) is 4.79 Å². The number of carbonyl (C=O) groups is 1. The number of aryl methyl sites for hydroxylation is 2. The predicted molar refractivity (Wildman–Crippen MR) is 91.9 cm³/mol. The summed E-state index contributed by atoms with van der Waals surface area (Å²) < 4.78 is 0.955. The predicted octanol–water partition coefficient (Wildman–Crippen LogP) is 4.83. The quantitative estimate of drug-likeness (QED) is 0.779. The van der Waals surface area contributed by atoms with E-state index >= 15 is 0 Å². The van der Waals surface area contributed by atoms with Crippen LogP contribution in [0.4, 0.5) is 5.69 Å². The first kappa shape index (κ1) is 15.8. The fourth-order valence-electron chi connectivity index (χ4n) is 2.62. The molecular weight excluding hydrogens is 326 g/mol. The summed E-state index contributed by atoms with van der Waals surface area (Å²) >= 11 is 3.58. The summed E-state index contributed by atoms with van der Waals surface area (Å²) in [5.74, 6) is -0.0716. The number of hydrogen-bond acceptors (Lipinski definition) is 1. The van der Waals surface area contributed by atoms with Gasteiger partial charge in [-0.05, 0) is 59.5 Å². The Labute approximate surface area is 134 Å². The topological polar surface area (TPSA) is 20.3 Å². The van der Waals surface area contributed by atoms with Crippen LogP contribution in [-0.4, -0.2) is 13.0 Å². The second-order valence-corrected chi connectivity index (χ2v) is 6.30. The third kappa shape index (κ3) is 3.35. The molecule has 110 valence electrons. The molecule has 0 saturated carbocycles. The lowest BCUT2D eigenvalue weighted by Gasteiger charge is -2.25. The maximum Gasteiger partial charge on any atom is 0.234 e. The maximum atomic E-state index is 12.7. The summed E-state index contributed by atoms with van der Waals surface area (Å²) in [5, 5.41) is 0. The Hall–Kier alpha value is -1.61. The van der Waals surface area contributed by atoms with Crippen LogP contribution in [0, 0.1) is 13.8 Å². The van der Waals surface area contributed by atoms with Gasteiger partial charge in [0.15, 0.2) is 0 Å². The summed E-state index contributed by atoms with van der Waals surface area (Å²) in [5.41, 5.74) is 4.25. The molecule has 2 aromatic carbocycles. The molecule has 0 aliphatic rings. The molecule has 0 heterocycles. The number of hydrogen-bond donors (Lipinski definition) is 0. The van der Waals surface area contributed by atoms with E-state index in [0.29, 0.717) is 0 Å². The number of anilines is 1. The molecule has 0 N–H and O–H groups in total. The fourth-order valence-corrected chi connectivity index (χ4v) is 3.56. The second kappa shape index (κ2) is 6.44. The smallest absolute Gasteiger partial charge is 0.234 e. The van der Waals surface area contributed by atoms with E-state index in [0.717, 1.165) is 21.3 Å². The van der Waals surface area contributed by atoms with Crippen LogP contribution in [0.5, 0.6) is 0 Å². The van der Waals surface area contributed by atoms with Gasteiger partial charge in [0.25, 0.3) is 0 Å². The molecular formula is C18H20BrNO. The van der Waals surface area contributed by atoms with Crippen LogP contribution in [0.25, 0.3) is 0 Å². The minimum atomic E-state index is -0.163. The number of rotatable bonds is 3. The van der Waals surface area contributed by atoms with Crippen molar-refractivity contribution in [3.8, 4) is 0 Å². The molecule has 0 aromatic heterocycles. The lowest BCUT2D eigenvalue weighted by atomic mass is 9.99. The first-order valence-electron chi connectivity index (χ1n) is 7.01. The Morgan fingerprint density at radius 3 is 2.33 bits per heavy atom. The van der Waals surface area contributed by atoms with E-state index in [-0.39, 0.29) is 11.8 Å². The number of benzene rings is 2. The highest BCUT2D eigenvalue weighted by atomic mass is 79.9. The van der Waals surface area contributed by atoms with Crippen molar-refractivity contribution in [2.24, 2.45) is 0 Å². The molecule has 0 bridgehead atoms. The zero-order valence-corrected chi connectivity index (χ0v) is 14.4. The minimum Gasteiger partial charge on any atom is -0.314 e. The molecule has 2 rings (SSSR count). The average Bonchev–Trinajstić information content (AvgIpc) is 2.45. The SMILES string of the molecule is Cc1cc(C)c(N(C)C(=O)[C@H](C)c2ccccc2)c(Br)c1. The van der Waals surface area contributed by atoms with Gasteiger partial charge < -0.3 is 4.90 Å². The van der Waals surface area contributed by atoms with Crippen LogP contribution in [0.3, 0.4) is 0 Å². The first-order valence-corrected chi connectivity index (χ1v) is 7.80. The molecule has 21 heavy (non-hydrogen) atoms. The van der Waals surface area contributed by atoms with E-state index in [1.807, 2.05) is 57.3 Å².